The fourth-order valence-corrected chi connectivity index (χ4v) is 2.39. The molecule has 0 saturated heterocycles. The summed E-state index contributed by atoms with van der Waals surface area (Å²) in [6, 6.07) is 6.54. The first-order valence-electron chi connectivity index (χ1n) is 7.36. The van der Waals surface area contributed by atoms with Crippen LogP contribution >= 0.6 is 0 Å². The van der Waals surface area contributed by atoms with Gasteiger partial charge in [-0.2, -0.15) is 0 Å². The Morgan fingerprint density at radius 3 is 2.55 bits per heavy atom. The van der Waals surface area contributed by atoms with Crippen LogP contribution in [-0.2, 0) is 0 Å². The van der Waals surface area contributed by atoms with Crippen molar-refractivity contribution in [3.63, 3.8) is 0 Å². The van der Waals surface area contributed by atoms with Crippen molar-refractivity contribution in [2.75, 3.05) is 11.4 Å². The molecular formula is C16H27N3O. The molecule has 0 bridgehead atoms. The van der Waals surface area contributed by atoms with E-state index in [1.165, 1.54) is 24.9 Å². The van der Waals surface area contributed by atoms with Gasteiger partial charge in [-0.3, -0.25) is 0 Å². The van der Waals surface area contributed by atoms with Crippen LogP contribution in [-0.4, -0.2) is 23.6 Å². The highest BCUT2D eigenvalue weighted by Crippen LogP contribution is 2.22. The fourth-order valence-electron chi connectivity index (χ4n) is 2.39. The molecule has 0 unspecified atom stereocenters. The van der Waals surface area contributed by atoms with Gasteiger partial charge in [-0.1, -0.05) is 24.9 Å². The first-order valence-corrected chi connectivity index (χ1v) is 7.36. The lowest BCUT2D eigenvalue weighted by Gasteiger charge is -2.29. The number of hydrogen-bond acceptors (Lipinski definition) is 3. The molecule has 1 aromatic rings. The SMILES string of the molecule is CCCCCN(c1ccc(/C(N)=N/O)c(C)c1)C(C)C. The van der Waals surface area contributed by atoms with Crippen LogP contribution in [0.25, 0.3) is 0 Å². The Morgan fingerprint density at radius 2 is 2.05 bits per heavy atom. The van der Waals surface area contributed by atoms with Crippen LogP contribution < -0.4 is 10.6 Å². The van der Waals surface area contributed by atoms with E-state index in [-0.39, 0.29) is 5.84 Å². The minimum Gasteiger partial charge on any atom is -0.409 e. The summed E-state index contributed by atoms with van der Waals surface area (Å²) in [4.78, 5) is 2.40. The van der Waals surface area contributed by atoms with Crippen molar-refractivity contribution < 1.29 is 5.21 Å². The van der Waals surface area contributed by atoms with Gasteiger partial charge in [0.25, 0.3) is 0 Å². The summed E-state index contributed by atoms with van der Waals surface area (Å²) in [6.45, 7) is 9.68. The van der Waals surface area contributed by atoms with E-state index in [4.69, 9.17) is 10.9 Å². The molecule has 0 aliphatic heterocycles. The molecule has 4 heteroatoms. The number of rotatable bonds is 7. The van der Waals surface area contributed by atoms with Crippen LogP contribution in [0.5, 0.6) is 0 Å². The second kappa shape index (κ2) is 7.78. The second-order valence-corrected chi connectivity index (χ2v) is 5.48. The quantitative estimate of drug-likeness (QED) is 0.264. The van der Waals surface area contributed by atoms with Crippen molar-refractivity contribution in [2.24, 2.45) is 10.9 Å². The van der Waals surface area contributed by atoms with E-state index >= 15 is 0 Å². The Labute approximate surface area is 122 Å². The van der Waals surface area contributed by atoms with Crippen molar-refractivity contribution in [3.8, 4) is 0 Å². The Balaban J connectivity index is 2.95. The molecule has 20 heavy (non-hydrogen) atoms. The Morgan fingerprint density at radius 1 is 1.35 bits per heavy atom. The normalized spacial score (nSPS) is 11.9. The fraction of sp³-hybridized carbons (Fsp3) is 0.562. The summed E-state index contributed by atoms with van der Waals surface area (Å²) in [7, 11) is 0. The molecule has 0 saturated carbocycles. The molecule has 1 aromatic carbocycles. The Bertz CT molecular complexity index is 455. The molecule has 0 aromatic heterocycles. The third-order valence-electron chi connectivity index (χ3n) is 3.55. The maximum Gasteiger partial charge on any atom is 0.170 e. The zero-order valence-corrected chi connectivity index (χ0v) is 13.1. The lowest BCUT2D eigenvalue weighted by Crippen LogP contribution is -2.32. The average molecular weight is 277 g/mol. The maximum absolute atomic E-state index is 8.78. The summed E-state index contributed by atoms with van der Waals surface area (Å²) >= 11 is 0. The van der Waals surface area contributed by atoms with Crippen LogP contribution in [0.2, 0.25) is 0 Å². The van der Waals surface area contributed by atoms with Crippen molar-refractivity contribution >= 4 is 11.5 Å². The minimum atomic E-state index is 0.163. The van der Waals surface area contributed by atoms with E-state index in [1.807, 2.05) is 19.1 Å². The number of anilines is 1. The van der Waals surface area contributed by atoms with Crippen LogP contribution in [0.4, 0.5) is 5.69 Å². The van der Waals surface area contributed by atoms with E-state index in [0.29, 0.717) is 6.04 Å². The topological polar surface area (TPSA) is 61.8 Å². The monoisotopic (exact) mass is 277 g/mol. The van der Waals surface area contributed by atoms with Gasteiger partial charge >= 0.3 is 0 Å². The molecule has 0 fully saturated rings. The van der Waals surface area contributed by atoms with Crippen LogP contribution in [0.15, 0.2) is 23.4 Å². The molecule has 1 rings (SSSR count). The number of hydrogen-bond donors (Lipinski definition) is 2. The smallest absolute Gasteiger partial charge is 0.170 e. The van der Waals surface area contributed by atoms with E-state index in [2.05, 4.69) is 36.9 Å². The molecule has 0 aliphatic rings. The van der Waals surface area contributed by atoms with Crippen molar-refractivity contribution in [1.29, 1.82) is 0 Å². The summed E-state index contributed by atoms with van der Waals surface area (Å²) in [6.07, 6.45) is 3.69. The molecular weight excluding hydrogens is 250 g/mol. The molecule has 0 atom stereocenters. The molecule has 112 valence electrons. The standard InChI is InChI=1S/C16H27N3O/c1-5-6-7-10-19(12(2)3)14-8-9-15(13(4)11-14)16(17)18-20/h8-9,11-12,20H,5-7,10H2,1-4H3,(H2,17,18). The van der Waals surface area contributed by atoms with Gasteiger partial charge in [0.1, 0.15) is 0 Å². The van der Waals surface area contributed by atoms with Gasteiger partial charge in [-0.05, 0) is 51.0 Å². The molecule has 0 radical (unpaired) electrons. The van der Waals surface area contributed by atoms with Gasteiger partial charge in [0.2, 0.25) is 0 Å². The summed E-state index contributed by atoms with van der Waals surface area (Å²) in [5, 5.41) is 11.8. The Hall–Kier alpha value is -1.71. The molecule has 3 N–H and O–H groups in total. The molecule has 0 aliphatic carbocycles. The van der Waals surface area contributed by atoms with Gasteiger partial charge in [-0.25, -0.2) is 0 Å². The number of aryl methyl sites for hydroxylation is 1. The number of amidine groups is 1. The molecule has 4 nitrogen and oxygen atoms in total. The van der Waals surface area contributed by atoms with Gasteiger partial charge in [-0.15, -0.1) is 0 Å². The third kappa shape index (κ3) is 4.15. The summed E-state index contributed by atoms with van der Waals surface area (Å²) < 4.78 is 0. The van der Waals surface area contributed by atoms with Crippen LogP contribution in [0, 0.1) is 6.92 Å². The first-order chi connectivity index (χ1) is 9.51. The molecule has 0 amide bonds. The predicted molar refractivity (Wildman–Crippen MR) is 85.7 cm³/mol. The first kappa shape index (κ1) is 16.3. The van der Waals surface area contributed by atoms with E-state index in [1.54, 1.807) is 0 Å². The highest BCUT2D eigenvalue weighted by molar-refractivity contribution is 5.98. The van der Waals surface area contributed by atoms with Gasteiger partial charge in [0, 0.05) is 23.8 Å². The summed E-state index contributed by atoms with van der Waals surface area (Å²) in [5.41, 5.74) is 8.68. The second-order valence-electron chi connectivity index (χ2n) is 5.48. The van der Waals surface area contributed by atoms with Crippen LogP contribution in [0.1, 0.15) is 51.2 Å². The van der Waals surface area contributed by atoms with Crippen molar-refractivity contribution in [3.05, 3.63) is 29.3 Å². The minimum absolute atomic E-state index is 0.163. The lowest BCUT2D eigenvalue weighted by molar-refractivity contribution is 0.318. The van der Waals surface area contributed by atoms with Crippen LogP contribution in [0.3, 0.4) is 0 Å². The number of benzene rings is 1. The maximum atomic E-state index is 8.78. The van der Waals surface area contributed by atoms with E-state index in [9.17, 15) is 0 Å². The van der Waals surface area contributed by atoms with Crippen molar-refractivity contribution in [1.82, 2.24) is 0 Å². The van der Waals surface area contributed by atoms with E-state index < -0.39 is 0 Å². The zero-order chi connectivity index (χ0) is 15.1. The van der Waals surface area contributed by atoms with E-state index in [0.717, 1.165) is 17.7 Å². The zero-order valence-electron chi connectivity index (χ0n) is 13.1. The third-order valence-corrected chi connectivity index (χ3v) is 3.55. The lowest BCUT2D eigenvalue weighted by atomic mass is 10.1. The highest BCUT2D eigenvalue weighted by Gasteiger charge is 2.12. The molecule has 0 heterocycles. The summed E-state index contributed by atoms with van der Waals surface area (Å²) in [5.74, 6) is 0.163. The highest BCUT2D eigenvalue weighted by atomic mass is 16.4. The Kier molecular flexibility index (Phi) is 6.36. The average Bonchev–Trinajstić information content (AvgIpc) is 2.42. The van der Waals surface area contributed by atoms with Gasteiger partial charge < -0.3 is 15.8 Å². The predicted octanol–water partition coefficient (Wildman–Crippen LogP) is 3.49. The van der Waals surface area contributed by atoms with Crippen molar-refractivity contribution in [2.45, 2.75) is 53.0 Å². The molecule has 0 spiro atoms. The number of oxime groups is 1. The van der Waals surface area contributed by atoms with Gasteiger partial charge in [0.05, 0.1) is 0 Å². The largest absolute Gasteiger partial charge is 0.409 e. The number of nitrogens with zero attached hydrogens (tertiary/aromatic N) is 2. The van der Waals surface area contributed by atoms with Gasteiger partial charge in [0.15, 0.2) is 5.84 Å². The number of nitrogens with two attached hydrogens (primary N) is 1. The number of unbranched alkanes of at least 4 members (excludes halogenated alkanes) is 2.